The normalized spacial score (nSPS) is 10.3. The van der Waals surface area contributed by atoms with Crippen LogP contribution in [-0.4, -0.2) is 15.7 Å². The number of halogens is 2. The molecule has 0 atom stereocenters. The van der Waals surface area contributed by atoms with Gasteiger partial charge in [-0.1, -0.05) is 0 Å². The molecule has 0 saturated carbocycles. The number of nitrogens with zero attached hydrogens (tertiary/aromatic N) is 2. The smallest absolute Gasteiger partial charge is 0.257 e. The van der Waals surface area contributed by atoms with Crippen LogP contribution >= 0.6 is 0 Å². The van der Waals surface area contributed by atoms with E-state index in [0.29, 0.717) is 5.82 Å². The number of rotatable bonds is 3. The third-order valence-corrected chi connectivity index (χ3v) is 2.51. The minimum atomic E-state index is -0.947. The molecule has 0 radical (unpaired) electrons. The van der Waals surface area contributed by atoms with Crippen molar-refractivity contribution in [3.05, 3.63) is 41.6 Å². The fourth-order valence-electron chi connectivity index (χ4n) is 1.53. The molecule has 0 fully saturated rings. The number of hydrazine groups is 1. The first-order valence-corrected chi connectivity index (χ1v) is 5.28. The van der Waals surface area contributed by atoms with Gasteiger partial charge in [-0.3, -0.25) is 15.3 Å². The number of aryl methyl sites for hydroxylation is 1. The van der Waals surface area contributed by atoms with Crippen LogP contribution in [0.25, 0.3) is 0 Å². The van der Waals surface area contributed by atoms with Crippen molar-refractivity contribution in [2.45, 2.75) is 0 Å². The van der Waals surface area contributed by atoms with Crippen LogP contribution in [0.4, 0.5) is 20.3 Å². The average Bonchev–Trinajstić information content (AvgIpc) is 2.74. The van der Waals surface area contributed by atoms with Crippen molar-refractivity contribution in [3.8, 4) is 0 Å². The fraction of sp³-hybridized carbons (Fsp3) is 0.0909. The van der Waals surface area contributed by atoms with Gasteiger partial charge in [-0.15, -0.1) is 0 Å². The van der Waals surface area contributed by atoms with Gasteiger partial charge in [-0.05, 0) is 12.1 Å². The van der Waals surface area contributed by atoms with Crippen molar-refractivity contribution in [3.63, 3.8) is 0 Å². The van der Waals surface area contributed by atoms with Crippen molar-refractivity contribution < 1.29 is 13.6 Å². The van der Waals surface area contributed by atoms with E-state index in [1.807, 2.05) is 5.43 Å². The molecule has 0 aliphatic rings. The number of nitrogens with two attached hydrogens (primary N) is 1. The van der Waals surface area contributed by atoms with Crippen molar-refractivity contribution in [2.24, 2.45) is 12.9 Å². The van der Waals surface area contributed by atoms with Crippen LogP contribution < -0.4 is 16.6 Å². The molecule has 4 N–H and O–H groups in total. The van der Waals surface area contributed by atoms with Gasteiger partial charge in [0.25, 0.3) is 5.91 Å². The minimum absolute atomic E-state index is 0.157. The summed E-state index contributed by atoms with van der Waals surface area (Å²) >= 11 is 0. The summed E-state index contributed by atoms with van der Waals surface area (Å²) in [6.45, 7) is 0. The van der Waals surface area contributed by atoms with E-state index >= 15 is 0 Å². The number of hydrogen-bond donors (Lipinski definition) is 3. The molecule has 100 valence electrons. The summed E-state index contributed by atoms with van der Waals surface area (Å²) < 4.78 is 28.3. The lowest BCUT2D eigenvalue weighted by molar-refractivity contribution is 0.102. The number of aromatic nitrogens is 2. The SMILES string of the molecule is Cn1nccc1NC(=O)c1cc(F)c(NN)c(F)c1. The lowest BCUT2D eigenvalue weighted by atomic mass is 10.1. The fourth-order valence-corrected chi connectivity index (χ4v) is 1.53. The lowest BCUT2D eigenvalue weighted by Gasteiger charge is -2.08. The Morgan fingerprint density at radius 2 is 2.00 bits per heavy atom. The van der Waals surface area contributed by atoms with Crippen LogP contribution in [0.3, 0.4) is 0 Å². The largest absolute Gasteiger partial charge is 0.319 e. The molecule has 6 nitrogen and oxygen atoms in total. The average molecular weight is 267 g/mol. The molecule has 19 heavy (non-hydrogen) atoms. The third kappa shape index (κ3) is 2.52. The zero-order valence-corrected chi connectivity index (χ0v) is 9.95. The van der Waals surface area contributed by atoms with Gasteiger partial charge in [0.1, 0.15) is 11.5 Å². The van der Waals surface area contributed by atoms with E-state index in [9.17, 15) is 13.6 Å². The second kappa shape index (κ2) is 5.02. The summed E-state index contributed by atoms with van der Waals surface area (Å²) in [4.78, 5) is 11.8. The maximum Gasteiger partial charge on any atom is 0.257 e. The zero-order chi connectivity index (χ0) is 14.0. The number of hydrogen-bond acceptors (Lipinski definition) is 4. The van der Waals surface area contributed by atoms with Gasteiger partial charge in [-0.25, -0.2) is 8.78 Å². The molecule has 0 aliphatic heterocycles. The van der Waals surface area contributed by atoms with Crippen LogP contribution in [0.15, 0.2) is 24.4 Å². The summed E-state index contributed by atoms with van der Waals surface area (Å²) in [5, 5.41) is 6.33. The van der Waals surface area contributed by atoms with Crippen molar-refractivity contribution >= 4 is 17.4 Å². The van der Waals surface area contributed by atoms with Gasteiger partial charge >= 0.3 is 0 Å². The highest BCUT2D eigenvalue weighted by atomic mass is 19.1. The van der Waals surface area contributed by atoms with Gasteiger partial charge in [0, 0.05) is 18.7 Å². The molecule has 0 saturated heterocycles. The number of nitrogens with one attached hydrogen (secondary N) is 2. The Morgan fingerprint density at radius 3 is 2.47 bits per heavy atom. The number of amides is 1. The zero-order valence-electron chi connectivity index (χ0n) is 9.95. The maximum absolute atomic E-state index is 13.4. The molecular weight excluding hydrogens is 256 g/mol. The Morgan fingerprint density at radius 1 is 1.37 bits per heavy atom. The van der Waals surface area contributed by atoms with E-state index in [0.717, 1.165) is 12.1 Å². The second-order valence-corrected chi connectivity index (χ2v) is 3.75. The number of benzene rings is 1. The number of nitrogen functional groups attached to an aromatic ring is 1. The summed E-state index contributed by atoms with van der Waals surface area (Å²) in [7, 11) is 1.62. The van der Waals surface area contributed by atoms with Gasteiger partial charge in [0.2, 0.25) is 0 Å². The van der Waals surface area contributed by atoms with Crippen LogP contribution in [0.2, 0.25) is 0 Å². The Balaban J connectivity index is 2.27. The Hall–Kier alpha value is -2.48. The number of carbonyl (C=O) groups is 1. The Kier molecular flexibility index (Phi) is 3.43. The highest BCUT2D eigenvalue weighted by Gasteiger charge is 2.15. The van der Waals surface area contributed by atoms with E-state index in [-0.39, 0.29) is 5.56 Å². The van der Waals surface area contributed by atoms with Gasteiger partial charge in [0.05, 0.1) is 6.20 Å². The molecule has 1 amide bonds. The molecule has 1 aromatic carbocycles. The number of anilines is 2. The quantitative estimate of drug-likeness (QED) is 0.577. The first-order chi connectivity index (χ1) is 9.02. The summed E-state index contributed by atoms with van der Waals surface area (Å²) in [6, 6.07) is 3.34. The van der Waals surface area contributed by atoms with Crippen molar-refractivity contribution in [1.29, 1.82) is 0 Å². The van der Waals surface area contributed by atoms with E-state index in [1.54, 1.807) is 13.1 Å². The standard InChI is InChI=1S/C11H11F2N5O/c1-18-9(2-3-15-18)16-11(19)6-4-7(12)10(17-14)8(13)5-6/h2-5,17H,14H2,1H3,(H,16,19). The maximum atomic E-state index is 13.4. The molecule has 0 unspecified atom stereocenters. The molecule has 2 aromatic rings. The summed E-state index contributed by atoms with van der Waals surface area (Å²) in [5.41, 5.74) is 1.24. The van der Waals surface area contributed by atoms with Gasteiger partial charge in [-0.2, -0.15) is 5.10 Å². The van der Waals surface area contributed by atoms with Crippen LogP contribution in [0.5, 0.6) is 0 Å². The predicted molar refractivity (Wildman–Crippen MR) is 65.3 cm³/mol. The topological polar surface area (TPSA) is 85.0 Å². The van der Waals surface area contributed by atoms with Crippen molar-refractivity contribution in [1.82, 2.24) is 9.78 Å². The van der Waals surface area contributed by atoms with Crippen LogP contribution in [0, 0.1) is 11.6 Å². The summed E-state index contributed by atoms with van der Waals surface area (Å²) in [5.74, 6) is 2.83. The highest BCUT2D eigenvalue weighted by Crippen LogP contribution is 2.20. The van der Waals surface area contributed by atoms with E-state index in [1.165, 1.54) is 10.9 Å². The molecular formula is C11H11F2N5O. The van der Waals surface area contributed by atoms with Crippen LogP contribution in [-0.2, 0) is 7.05 Å². The second-order valence-electron chi connectivity index (χ2n) is 3.75. The predicted octanol–water partition coefficient (Wildman–Crippen LogP) is 1.24. The first kappa shape index (κ1) is 13.0. The molecule has 2 rings (SSSR count). The molecule has 0 aliphatic carbocycles. The third-order valence-electron chi connectivity index (χ3n) is 2.51. The highest BCUT2D eigenvalue weighted by molar-refractivity contribution is 6.04. The van der Waals surface area contributed by atoms with Gasteiger partial charge in [0.15, 0.2) is 11.6 Å². The molecule has 8 heteroatoms. The van der Waals surface area contributed by atoms with E-state index < -0.39 is 23.2 Å². The molecule has 0 bridgehead atoms. The monoisotopic (exact) mass is 267 g/mol. The van der Waals surface area contributed by atoms with Crippen molar-refractivity contribution in [2.75, 3.05) is 10.7 Å². The lowest BCUT2D eigenvalue weighted by Crippen LogP contribution is -2.17. The first-order valence-electron chi connectivity index (χ1n) is 5.28. The van der Waals surface area contributed by atoms with Crippen LogP contribution in [0.1, 0.15) is 10.4 Å². The molecule has 1 heterocycles. The van der Waals surface area contributed by atoms with Gasteiger partial charge < -0.3 is 10.7 Å². The van der Waals surface area contributed by atoms with E-state index in [4.69, 9.17) is 5.84 Å². The Labute approximate surface area is 107 Å². The summed E-state index contributed by atoms with van der Waals surface area (Å²) in [6.07, 6.45) is 1.48. The van der Waals surface area contributed by atoms with E-state index in [2.05, 4.69) is 10.4 Å². The Bertz CT molecular complexity index is 602. The molecule has 1 aromatic heterocycles. The number of carbonyl (C=O) groups excluding carboxylic acids is 1. The molecule has 0 spiro atoms. The minimum Gasteiger partial charge on any atom is -0.319 e.